The zero-order chi connectivity index (χ0) is 14.7. The predicted molar refractivity (Wildman–Crippen MR) is 84.0 cm³/mol. The molecule has 0 saturated carbocycles. The van der Waals surface area contributed by atoms with Gasteiger partial charge in [-0.15, -0.1) is 0 Å². The number of halogens is 1. The average molecular weight is 296 g/mol. The Morgan fingerprint density at radius 2 is 2.05 bits per heavy atom. The second-order valence-corrected chi connectivity index (χ2v) is 6.00. The first-order valence-corrected chi connectivity index (χ1v) is 7.46. The Bertz CT molecular complexity index is 482. The van der Waals surface area contributed by atoms with Crippen LogP contribution in [0.5, 0.6) is 0 Å². The molecule has 0 aromatic heterocycles. The van der Waals surface area contributed by atoms with E-state index in [1.54, 1.807) is 18.2 Å². The van der Waals surface area contributed by atoms with E-state index in [1.807, 2.05) is 0 Å². The van der Waals surface area contributed by atoms with Crippen molar-refractivity contribution in [2.45, 2.75) is 45.2 Å². The first kappa shape index (κ1) is 15.1. The first-order valence-electron chi connectivity index (χ1n) is 7.08. The van der Waals surface area contributed by atoms with Crippen LogP contribution in [0.2, 0.25) is 5.02 Å². The Morgan fingerprint density at radius 1 is 1.40 bits per heavy atom. The molecule has 1 aromatic carbocycles. The fourth-order valence-electron chi connectivity index (χ4n) is 2.77. The number of piperidine rings is 1. The summed E-state index contributed by atoms with van der Waals surface area (Å²) in [6.45, 7) is 4.77. The average Bonchev–Trinajstić information content (AvgIpc) is 2.37. The highest BCUT2D eigenvalue weighted by Crippen LogP contribution is 2.25. The number of amides is 1. The van der Waals surface area contributed by atoms with E-state index in [-0.39, 0.29) is 5.91 Å². The lowest BCUT2D eigenvalue weighted by molar-refractivity contribution is -0.118. The molecule has 4 nitrogen and oxygen atoms in total. The summed E-state index contributed by atoms with van der Waals surface area (Å²) >= 11 is 6.07. The predicted octanol–water partition coefficient (Wildman–Crippen LogP) is 3.12. The van der Waals surface area contributed by atoms with Crippen LogP contribution < -0.4 is 11.1 Å². The standard InChI is InChI=1S/C15H22ClN3O/c1-10-4-3-5-11(2)19(10)9-15(20)18-14-7-6-12(17)8-13(14)16/h6-8,10-11H,3-5,9,17H2,1-2H3,(H,18,20). The Labute approximate surface area is 125 Å². The van der Waals surface area contributed by atoms with Gasteiger partial charge in [-0.3, -0.25) is 9.69 Å². The highest BCUT2D eigenvalue weighted by atomic mass is 35.5. The van der Waals surface area contributed by atoms with E-state index in [1.165, 1.54) is 6.42 Å². The summed E-state index contributed by atoms with van der Waals surface area (Å²) in [7, 11) is 0. The second kappa shape index (κ2) is 6.46. The van der Waals surface area contributed by atoms with Crippen LogP contribution in [0.3, 0.4) is 0 Å². The van der Waals surface area contributed by atoms with Gasteiger partial charge < -0.3 is 11.1 Å². The Balaban J connectivity index is 1.98. The number of anilines is 2. The number of nitrogen functional groups attached to an aromatic ring is 1. The van der Waals surface area contributed by atoms with Gasteiger partial charge in [0.1, 0.15) is 0 Å². The summed E-state index contributed by atoms with van der Waals surface area (Å²) in [5.74, 6) is -0.0303. The number of carbonyl (C=O) groups excluding carboxylic acids is 1. The summed E-state index contributed by atoms with van der Waals surface area (Å²) in [5.41, 5.74) is 6.84. The van der Waals surface area contributed by atoms with E-state index < -0.39 is 0 Å². The monoisotopic (exact) mass is 295 g/mol. The molecule has 1 heterocycles. The van der Waals surface area contributed by atoms with E-state index >= 15 is 0 Å². The lowest BCUT2D eigenvalue weighted by Gasteiger charge is -2.38. The van der Waals surface area contributed by atoms with Crippen molar-refractivity contribution in [3.05, 3.63) is 23.2 Å². The van der Waals surface area contributed by atoms with Crippen LogP contribution in [0.4, 0.5) is 11.4 Å². The summed E-state index contributed by atoms with van der Waals surface area (Å²) in [6.07, 6.45) is 3.55. The highest BCUT2D eigenvalue weighted by molar-refractivity contribution is 6.34. The lowest BCUT2D eigenvalue weighted by atomic mass is 9.97. The number of hydrogen-bond donors (Lipinski definition) is 2. The van der Waals surface area contributed by atoms with Gasteiger partial charge in [0, 0.05) is 17.8 Å². The number of rotatable bonds is 3. The fraction of sp³-hybridized carbons (Fsp3) is 0.533. The second-order valence-electron chi connectivity index (χ2n) is 5.59. The Hall–Kier alpha value is -1.26. The molecule has 0 spiro atoms. The molecule has 0 aliphatic carbocycles. The number of hydrogen-bond acceptors (Lipinski definition) is 3. The molecule has 110 valence electrons. The van der Waals surface area contributed by atoms with Crippen molar-refractivity contribution in [3.8, 4) is 0 Å². The van der Waals surface area contributed by atoms with Crippen molar-refractivity contribution in [1.82, 2.24) is 4.90 Å². The molecule has 5 heteroatoms. The lowest BCUT2D eigenvalue weighted by Crippen LogP contribution is -2.47. The van der Waals surface area contributed by atoms with Gasteiger partial charge in [0.05, 0.1) is 17.3 Å². The maximum Gasteiger partial charge on any atom is 0.238 e. The molecular formula is C15H22ClN3O. The maximum absolute atomic E-state index is 12.2. The van der Waals surface area contributed by atoms with Gasteiger partial charge in [-0.05, 0) is 44.9 Å². The molecule has 3 N–H and O–H groups in total. The van der Waals surface area contributed by atoms with E-state index in [0.717, 1.165) is 12.8 Å². The summed E-state index contributed by atoms with van der Waals surface area (Å²) in [5, 5.41) is 3.33. The van der Waals surface area contributed by atoms with Crippen LogP contribution in [0.25, 0.3) is 0 Å². The molecule has 1 amide bonds. The van der Waals surface area contributed by atoms with Gasteiger partial charge >= 0.3 is 0 Å². The quantitative estimate of drug-likeness (QED) is 0.842. The van der Waals surface area contributed by atoms with Gasteiger partial charge in [-0.2, -0.15) is 0 Å². The Kier molecular flexibility index (Phi) is 4.89. The molecule has 1 aliphatic heterocycles. The number of nitrogens with one attached hydrogen (secondary N) is 1. The number of benzene rings is 1. The molecule has 2 rings (SSSR count). The zero-order valence-corrected chi connectivity index (χ0v) is 12.8. The summed E-state index contributed by atoms with van der Waals surface area (Å²) < 4.78 is 0. The minimum Gasteiger partial charge on any atom is -0.399 e. The van der Waals surface area contributed by atoms with Crippen LogP contribution in [0.1, 0.15) is 33.1 Å². The SMILES string of the molecule is CC1CCCC(C)N1CC(=O)Nc1ccc(N)cc1Cl. The molecule has 20 heavy (non-hydrogen) atoms. The van der Waals surface area contributed by atoms with E-state index in [2.05, 4.69) is 24.1 Å². The van der Waals surface area contributed by atoms with Gasteiger partial charge in [0.25, 0.3) is 0 Å². The summed E-state index contributed by atoms with van der Waals surface area (Å²) in [6, 6.07) is 6.01. The third-order valence-corrected chi connectivity index (χ3v) is 4.28. The number of nitrogens with zero attached hydrogens (tertiary/aromatic N) is 1. The molecule has 1 aliphatic rings. The summed E-state index contributed by atoms with van der Waals surface area (Å²) in [4.78, 5) is 14.4. The zero-order valence-electron chi connectivity index (χ0n) is 12.0. The topological polar surface area (TPSA) is 58.4 Å². The number of nitrogens with two attached hydrogens (primary N) is 1. The van der Waals surface area contributed by atoms with E-state index in [0.29, 0.717) is 35.0 Å². The third-order valence-electron chi connectivity index (χ3n) is 3.97. The molecule has 2 atom stereocenters. The fourth-order valence-corrected chi connectivity index (χ4v) is 3.01. The molecular weight excluding hydrogens is 274 g/mol. The van der Waals surface area contributed by atoms with Crippen LogP contribution in [0.15, 0.2) is 18.2 Å². The van der Waals surface area contributed by atoms with Crippen LogP contribution >= 0.6 is 11.6 Å². The highest BCUT2D eigenvalue weighted by Gasteiger charge is 2.26. The molecule has 1 saturated heterocycles. The van der Waals surface area contributed by atoms with Gasteiger partial charge in [-0.25, -0.2) is 0 Å². The first-order chi connectivity index (χ1) is 9.47. The number of likely N-dealkylation sites (tertiary alicyclic amines) is 1. The van der Waals surface area contributed by atoms with Crippen LogP contribution in [0, 0.1) is 0 Å². The van der Waals surface area contributed by atoms with Crippen molar-refractivity contribution in [3.63, 3.8) is 0 Å². The number of carbonyl (C=O) groups is 1. The van der Waals surface area contributed by atoms with Crippen molar-refractivity contribution in [2.75, 3.05) is 17.6 Å². The largest absolute Gasteiger partial charge is 0.399 e. The van der Waals surface area contributed by atoms with Gasteiger partial charge in [0.15, 0.2) is 0 Å². The smallest absolute Gasteiger partial charge is 0.238 e. The Morgan fingerprint density at radius 3 is 2.65 bits per heavy atom. The van der Waals surface area contributed by atoms with Crippen molar-refractivity contribution >= 4 is 28.9 Å². The van der Waals surface area contributed by atoms with E-state index in [9.17, 15) is 4.79 Å². The maximum atomic E-state index is 12.2. The van der Waals surface area contributed by atoms with Crippen molar-refractivity contribution in [1.29, 1.82) is 0 Å². The van der Waals surface area contributed by atoms with E-state index in [4.69, 9.17) is 17.3 Å². The molecule has 1 fully saturated rings. The molecule has 0 bridgehead atoms. The van der Waals surface area contributed by atoms with Crippen molar-refractivity contribution < 1.29 is 4.79 Å². The molecule has 2 unspecified atom stereocenters. The molecule has 1 aromatic rings. The minimum absolute atomic E-state index is 0.0303. The third kappa shape index (κ3) is 3.64. The van der Waals surface area contributed by atoms with Gasteiger partial charge in [0.2, 0.25) is 5.91 Å². The van der Waals surface area contributed by atoms with Gasteiger partial charge in [-0.1, -0.05) is 18.0 Å². The van der Waals surface area contributed by atoms with Crippen LogP contribution in [-0.4, -0.2) is 29.4 Å². The van der Waals surface area contributed by atoms with Crippen molar-refractivity contribution in [2.24, 2.45) is 0 Å². The molecule has 0 radical (unpaired) electrons. The van der Waals surface area contributed by atoms with Crippen LogP contribution in [-0.2, 0) is 4.79 Å². The normalized spacial score (nSPS) is 23.6. The minimum atomic E-state index is -0.0303.